The van der Waals surface area contributed by atoms with Crippen molar-refractivity contribution in [2.75, 3.05) is 19.3 Å². The Hall–Kier alpha value is -1.16. The number of rotatable bonds is 6. The largest absolute Gasteiger partial charge is 0.357 e. The number of guanidine groups is 1. The molecular weight excluding hydrogens is 266 g/mol. The van der Waals surface area contributed by atoms with Gasteiger partial charge in [-0.15, -0.1) is 0 Å². The van der Waals surface area contributed by atoms with E-state index in [0.717, 1.165) is 19.0 Å². The maximum atomic E-state index is 4.70. The predicted octanol–water partition coefficient (Wildman–Crippen LogP) is 3.44. The van der Waals surface area contributed by atoms with Gasteiger partial charge in [0.25, 0.3) is 0 Å². The fourth-order valence-corrected chi connectivity index (χ4v) is 1.88. The molecule has 0 fully saturated rings. The van der Waals surface area contributed by atoms with E-state index in [1.54, 1.807) is 0 Å². The number of nitrogens with one attached hydrogen (secondary N) is 2. The first-order chi connectivity index (χ1) is 9.48. The molecule has 1 rings (SSSR count). The molecule has 1 aromatic carbocycles. The van der Waals surface area contributed by atoms with Crippen LogP contribution in [-0.4, -0.2) is 30.1 Å². The van der Waals surface area contributed by atoms with Gasteiger partial charge in [0.15, 0.2) is 5.96 Å². The lowest BCUT2D eigenvalue weighted by atomic mass is 10.1. The molecule has 1 aromatic rings. The van der Waals surface area contributed by atoms with E-state index in [0.29, 0.717) is 0 Å². The molecule has 20 heavy (non-hydrogen) atoms. The molecule has 1 unspecified atom stereocenters. The van der Waals surface area contributed by atoms with E-state index in [2.05, 4.69) is 68.8 Å². The third-order valence-electron chi connectivity index (χ3n) is 3.17. The van der Waals surface area contributed by atoms with E-state index in [1.807, 2.05) is 17.8 Å². The minimum absolute atomic E-state index is 0.165. The van der Waals surface area contributed by atoms with Crippen molar-refractivity contribution in [1.29, 1.82) is 0 Å². The summed E-state index contributed by atoms with van der Waals surface area (Å²) in [5, 5.41) is 6.77. The van der Waals surface area contributed by atoms with E-state index in [4.69, 9.17) is 4.99 Å². The third kappa shape index (κ3) is 5.87. The Morgan fingerprint density at radius 3 is 2.50 bits per heavy atom. The number of thioether (sulfide) groups is 1. The molecule has 0 aliphatic heterocycles. The highest BCUT2D eigenvalue weighted by atomic mass is 32.2. The van der Waals surface area contributed by atoms with Gasteiger partial charge in [0, 0.05) is 11.3 Å². The van der Waals surface area contributed by atoms with Gasteiger partial charge in [-0.05, 0) is 39.5 Å². The number of hydrogen-bond acceptors (Lipinski definition) is 2. The first-order valence-electron chi connectivity index (χ1n) is 7.13. The SMILES string of the molecule is CCNC(=NCC(C)(C)SC)NC(C)c1ccccc1. The molecule has 0 heterocycles. The van der Waals surface area contributed by atoms with Crippen LogP contribution in [0.5, 0.6) is 0 Å². The van der Waals surface area contributed by atoms with Gasteiger partial charge < -0.3 is 10.6 Å². The van der Waals surface area contributed by atoms with Crippen LogP contribution in [0.2, 0.25) is 0 Å². The van der Waals surface area contributed by atoms with Crippen molar-refractivity contribution in [3.63, 3.8) is 0 Å². The van der Waals surface area contributed by atoms with Crippen LogP contribution in [0.3, 0.4) is 0 Å². The van der Waals surface area contributed by atoms with Gasteiger partial charge in [-0.1, -0.05) is 30.3 Å². The summed E-state index contributed by atoms with van der Waals surface area (Å²) in [6, 6.07) is 10.7. The topological polar surface area (TPSA) is 36.4 Å². The molecule has 0 aromatic heterocycles. The van der Waals surface area contributed by atoms with Crippen molar-refractivity contribution in [3.8, 4) is 0 Å². The minimum atomic E-state index is 0.165. The summed E-state index contributed by atoms with van der Waals surface area (Å²) < 4.78 is 0.165. The lowest BCUT2D eigenvalue weighted by molar-refractivity contribution is 0.670. The Balaban J connectivity index is 2.69. The maximum Gasteiger partial charge on any atom is 0.191 e. The number of hydrogen-bond donors (Lipinski definition) is 2. The molecule has 0 saturated heterocycles. The second-order valence-electron chi connectivity index (χ2n) is 5.44. The molecule has 4 heteroatoms. The van der Waals surface area contributed by atoms with Crippen LogP contribution in [0.15, 0.2) is 35.3 Å². The average molecular weight is 293 g/mol. The van der Waals surface area contributed by atoms with Crippen LogP contribution >= 0.6 is 11.8 Å². The number of nitrogens with zero attached hydrogens (tertiary/aromatic N) is 1. The monoisotopic (exact) mass is 293 g/mol. The van der Waals surface area contributed by atoms with Crippen LogP contribution in [0.1, 0.15) is 39.3 Å². The number of benzene rings is 1. The fraction of sp³-hybridized carbons (Fsp3) is 0.562. The van der Waals surface area contributed by atoms with Crippen LogP contribution < -0.4 is 10.6 Å². The Kier molecular flexibility index (Phi) is 6.93. The van der Waals surface area contributed by atoms with Crippen LogP contribution in [0, 0.1) is 0 Å². The molecule has 2 N–H and O–H groups in total. The summed E-state index contributed by atoms with van der Waals surface area (Å²) in [6.45, 7) is 10.3. The fourth-order valence-electron chi connectivity index (χ4n) is 1.68. The van der Waals surface area contributed by atoms with Crippen molar-refractivity contribution in [2.45, 2.75) is 38.5 Å². The van der Waals surface area contributed by atoms with Crippen molar-refractivity contribution >= 4 is 17.7 Å². The Morgan fingerprint density at radius 1 is 1.30 bits per heavy atom. The summed E-state index contributed by atoms with van der Waals surface area (Å²) >= 11 is 1.84. The van der Waals surface area contributed by atoms with Gasteiger partial charge >= 0.3 is 0 Å². The molecule has 0 saturated carbocycles. The van der Waals surface area contributed by atoms with Gasteiger partial charge in [-0.2, -0.15) is 11.8 Å². The second-order valence-corrected chi connectivity index (χ2v) is 6.95. The molecular formula is C16H27N3S. The van der Waals surface area contributed by atoms with Crippen molar-refractivity contribution < 1.29 is 0 Å². The second kappa shape index (κ2) is 8.20. The molecule has 0 bridgehead atoms. The van der Waals surface area contributed by atoms with E-state index in [-0.39, 0.29) is 10.8 Å². The molecule has 112 valence electrons. The van der Waals surface area contributed by atoms with Crippen molar-refractivity contribution in [1.82, 2.24) is 10.6 Å². The van der Waals surface area contributed by atoms with Crippen molar-refractivity contribution in [2.24, 2.45) is 4.99 Å². The molecule has 0 radical (unpaired) electrons. The highest BCUT2D eigenvalue weighted by molar-refractivity contribution is 7.99. The van der Waals surface area contributed by atoms with Gasteiger partial charge in [0.1, 0.15) is 0 Å². The Labute approximate surface area is 127 Å². The molecule has 1 atom stereocenters. The number of aliphatic imine (C=N–C) groups is 1. The van der Waals surface area contributed by atoms with Gasteiger partial charge in [-0.3, -0.25) is 4.99 Å². The predicted molar refractivity (Wildman–Crippen MR) is 91.6 cm³/mol. The highest BCUT2D eigenvalue weighted by Crippen LogP contribution is 2.21. The first-order valence-corrected chi connectivity index (χ1v) is 8.36. The molecule has 0 aliphatic carbocycles. The van der Waals surface area contributed by atoms with Crippen LogP contribution in [0.4, 0.5) is 0 Å². The Morgan fingerprint density at radius 2 is 1.95 bits per heavy atom. The highest BCUT2D eigenvalue weighted by Gasteiger charge is 2.16. The molecule has 3 nitrogen and oxygen atoms in total. The molecule has 0 spiro atoms. The van der Waals surface area contributed by atoms with Crippen molar-refractivity contribution in [3.05, 3.63) is 35.9 Å². The smallest absolute Gasteiger partial charge is 0.191 e. The van der Waals surface area contributed by atoms with E-state index in [1.165, 1.54) is 5.56 Å². The zero-order valence-corrected chi connectivity index (χ0v) is 14.1. The quantitative estimate of drug-likeness (QED) is 0.623. The molecule has 0 amide bonds. The lowest BCUT2D eigenvalue weighted by Gasteiger charge is -2.22. The van der Waals surface area contributed by atoms with E-state index < -0.39 is 0 Å². The Bertz CT molecular complexity index is 415. The summed E-state index contributed by atoms with van der Waals surface area (Å²) in [5.41, 5.74) is 1.27. The summed E-state index contributed by atoms with van der Waals surface area (Å²) in [6.07, 6.45) is 2.13. The zero-order valence-electron chi connectivity index (χ0n) is 13.2. The van der Waals surface area contributed by atoms with Gasteiger partial charge in [0.2, 0.25) is 0 Å². The van der Waals surface area contributed by atoms with Crippen LogP contribution in [-0.2, 0) is 0 Å². The third-order valence-corrected chi connectivity index (χ3v) is 4.40. The van der Waals surface area contributed by atoms with Gasteiger partial charge in [0.05, 0.1) is 12.6 Å². The lowest BCUT2D eigenvalue weighted by Crippen LogP contribution is -2.39. The molecule has 0 aliphatic rings. The van der Waals surface area contributed by atoms with Crippen LogP contribution in [0.25, 0.3) is 0 Å². The summed E-state index contributed by atoms with van der Waals surface area (Å²) in [4.78, 5) is 4.70. The average Bonchev–Trinajstić information content (AvgIpc) is 2.46. The summed E-state index contributed by atoms with van der Waals surface area (Å²) in [7, 11) is 0. The standard InChI is InChI=1S/C16H27N3S/c1-6-17-15(18-12-16(3,4)20-5)19-13(2)14-10-8-7-9-11-14/h7-11,13H,6,12H2,1-5H3,(H2,17,18,19). The van der Waals surface area contributed by atoms with E-state index >= 15 is 0 Å². The maximum absolute atomic E-state index is 4.70. The van der Waals surface area contributed by atoms with Gasteiger partial charge in [-0.25, -0.2) is 0 Å². The summed E-state index contributed by atoms with van der Waals surface area (Å²) in [5.74, 6) is 0.881. The first kappa shape index (κ1) is 16.9. The minimum Gasteiger partial charge on any atom is -0.357 e. The zero-order chi connectivity index (χ0) is 15.0. The normalized spacial score (nSPS) is 13.9. The van der Waals surface area contributed by atoms with E-state index in [9.17, 15) is 0 Å².